The summed E-state index contributed by atoms with van der Waals surface area (Å²) in [6.45, 7) is 2.77. The number of hydrogen-bond acceptors (Lipinski definition) is 5. The van der Waals surface area contributed by atoms with E-state index in [2.05, 4.69) is 20.7 Å². The van der Waals surface area contributed by atoms with Crippen LogP contribution < -0.4 is 20.7 Å². The van der Waals surface area contributed by atoms with Crippen molar-refractivity contribution in [3.05, 3.63) is 54.1 Å². The van der Waals surface area contributed by atoms with Gasteiger partial charge in [-0.15, -0.1) is 0 Å². The van der Waals surface area contributed by atoms with Crippen molar-refractivity contribution in [2.24, 2.45) is 0 Å². The Labute approximate surface area is 193 Å². The van der Waals surface area contributed by atoms with Crippen LogP contribution in [-0.2, 0) is 19.6 Å². The monoisotopic (exact) mass is 472 g/mol. The molecule has 4 N–H and O–H groups in total. The molecule has 33 heavy (non-hydrogen) atoms. The standard InChI is InChI=1S/C23H28N4O5S/c1-15(27-33(31,32)19-13-11-18(12-14-19)24-16(2)28)22(29)26-21-10-6-5-9-20(21)23(30)25-17-7-3-4-8-17/h5-6,9-15,17,27H,3-4,7-8H2,1-2H3,(H,24,28)(H,25,30)(H,26,29)/t15-/m0/s1. The zero-order chi connectivity index (χ0) is 24.0. The van der Waals surface area contributed by atoms with Crippen LogP contribution in [0.4, 0.5) is 11.4 Å². The van der Waals surface area contributed by atoms with Gasteiger partial charge in [0.15, 0.2) is 0 Å². The molecule has 0 saturated heterocycles. The summed E-state index contributed by atoms with van der Waals surface area (Å²) in [6.07, 6.45) is 4.03. The number of para-hydroxylation sites is 1. The Bertz CT molecular complexity index is 1130. The van der Waals surface area contributed by atoms with Gasteiger partial charge in [-0.2, -0.15) is 4.72 Å². The number of carbonyl (C=O) groups is 3. The van der Waals surface area contributed by atoms with Gasteiger partial charge >= 0.3 is 0 Å². The van der Waals surface area contributed by atoms with Crippen LogP contribution in [0.2, 0.25) is 0 Å². The molecule has 176 valence electrons. The molecule has 1 atom stereocenters. The number of amides is 3. The Hall–Kier alpha value is -3.24. The second kappa shape index (κ2) is 10.6. The summed E-state index contributed by atoms with van der Waals surface area (Å²) in [7, 11) is -3.99. The SMILES string of the molecule is CC(=O)Nc1ccc(S(=O)(=O)N[C@@H](C)C(=O)Nc2ccccc2C(=O)NC2CCCC2)cc1. The zero-order valence-corrected chi connectivity index (χ0v) is 19.4. The molecule has 0 spiro atoms. The number of benzene rings is 2. The van der Waals surface area contributed by atoms with Crippen LogP contribution in [0.1, 0.15) is 49.9 Å². The molecule has 0 unspecified atom stereocenters. The summed E-state index contributed by atoms with van der Waals surface area (Å²) in [6, 6.07) is 11.2. The minimum atomic E-state index is -3.99. The van der Waals surface area contributed by atoms with E-state index in [1.807, 2.05) is 0 Å². The third-order valence-electron chi connectivity index (χ3n) is 5.33. The molecule has 10 heteroatoms. The molecule has 0 aliphatic heterocycles. The normalized spacial score (nSPS) is 15.0. The van der Waals surface area contributed by atoms with Gasteiger partial charge in [0, 0.05) is 18.7 Å². The molecule has 2 aromatic carbocycles. The fourth-order valence-corrected chi connectivity index (χ4v) is 4.84. The maximum Gasteiger partial charge on any atom is 0.253 e. The molecule has 1 aliphatic rings. The highest BCUT2D eigenvalue weighted by atomic mass is 32.2. The van der Waals surface area contributed by atoms with Crippen LogP contribution >= 0.6 is 0 Å². The fraction of sp³-hybridized carbons (Fsp3) is 0.348. The van der Waals surface area contributed by atoms with Gasteiger partial charge in [0.2, 0.25) is 21.8 Å². The number of carbonyl (C=O) groups excluding carboxylic acids is 3. The van der Waals surface area contributed by atoms with Gasteiger partial charge in [-0.3, -0.25) is 14.4 Å². The average Bonchev–Trinajstić information content (AvgIpc) is 3.26. The first kappa shape index (κ1) is 24.4. The molecule has 1 saturated carbocycles. The van der Waals surface area contributed by atoms with Crippen molar-refractivity contribution in [1.29, 1.82) is 0 Å². The second-order valence-corrected chi connectivity index (χ2v) is 9.75. The van der Waals surface area contributed by atoms with E-state index < -0.39 is 22.0 Å². The minimum Gasteiger partial charge on any atom is -0.349 e. The molecule has 3 amide bonds. The summed E-state index contributed by atoms with van der Waals surface area (Å²) in [5.74, 6) is -1.15. The Morgan fingerprint density at radius 2 is 1.58 bits per heavy atom. The van der Waals surface area contributed by atoms with Crippen molar-refractivity contribution < 1.29 is 22.8 Å². The first-order valence-corrected chi connectivity index (χ1v) is 12.2. The highest BCUT2D eigenvalue weighted by molar-refractivity contribution is 7.89. The summed E-state index contributed by atoms with van der Waals surface area (Å²) < 4.78 is 27.7. The summed E-state index contributed by atoms with van der Waals surface area (Å²) in [4.78, 5) is 36.4. The molecular weight excluding hydrogens is 444 g/mol. The van der Waals surface area contributed by atoms with E-state index in [4.69, 9.17) is 0 Å². The number of rotatable bonds is 8. The van der Waals surface area contributed by atoms with E-state index in [-0.39, 0.29) is 22.8 Å². The second-order valence-electron chi connectivity index (χ2n) is 8.04. The summed E-state index contributed by atoms with van der Waals surface area (Å²) >= 11 is 0. The fourth-order valence-electron chi connectivity index (χ4n) is 3.64. The predicted octanol–water partition coefficient (Wildman–Crippen LogP) is 2.62. The first-order chi connectivity index (χ1) is 15.7. The highest BCUT2D eigenvalue weighted by Crippen LogP contribution is 2.21. The third-order valence-corrected chi connectivity index (χ3v) is 6.89. The Balaban J connectivity index is 1.65. The average molecular weight is 473 g/mol. The summed E-state index contributed by atoms with van der Waals surface area (Å²) in [5.41, 5.74) is 1.09. The van der Waals surface area contributed by atoms with Gasteiger partial charge in [-0.05, 0) is 56.2 Å². The Morgan fingerprint density at radius 3 is 2.21 bits per heavy atom. The van der Waals surface area contributed by atoms with Gasteiger partial charge in [0.1, 0.15) is 0 Å². The zero-order valence-electron chi connectivity index (χ0n) is 18.6. The molecule has 9 nitrogen and oxygen atoms in total. The largest absolute Gasteiger partial charge is 0.349 e. The smallest absolute Gasteiger partial charge is 0.253 e. The maximum atomic E-state index is 12.7. The number of hydrogen-bond donors (Lipinski definition) is 4. The van der Waals surface area contributed by atoms with Gasteiger partial charge in [0.25, 0.3) is 5.91 Å². The molecule has 3 rings (SSSR count). The van der Waals surface area contributed by atoms with Crippen molar-refractivity contribution >= 4 is 39.1 Å². The lowest BCUT2D eigenvalue weighted by molar-refractivity contribution is -0.117. The molecule has 0 bridgehead atoms. The van der Waals surface area contributed by atoms with Crippen molar-refractivity contribution in [3.8, 4) is 0 Å². The van der Waals surface area contributed by atoms with E-state index in [1.165, 1.54) is 38.1 Å². The molecule has 0 radical (unpaired) electrons. The summed E-state index contributed by atoms with van der Waals surface area (Å²) in [5, 5.41) is 8.19. The maximum absolute atomic E-state index is 12.7. The first-order valence-electron chi connectivity index (χ1n) is 10.8. The van der Waals surface area contributed by atoms with E-state index in [0.29, 0.717) is 16.9 Å². The van der Waals surface area contributed by atoms with Gasteiger partial charge in [0.05, 0.1) is 22.2 Å². The van der Waals surface area contributed by atoms with E-state index in [1.54, 1.807) is 24.3 Å². The predicted molar refractivity (Wildman–Crippen MR) is 125 cm³/mol. The van der Waals surface area contributed by atoms with Crippen molar-refractivity contribution in [3.63, 3.8) is 0 Å². The van der Waals surface area contributed by atoms with E-state index >= 15 is 0 Å². The molecular formula is C23H28N4O5S. The van der Waals surface area contributed by atoms with Crippen molar-refractivity contribution in [2.75, 3.05) is 10.6 Å². The van der Waals surface area contributed by atoms with Crippen LogP contribution in [-0.4, -0.2) is 38.2 Å². The molecule has 1 fully saturated rings. The molecule has 1 aliphatic carbocycles. The molecule has 0 aromatic heterocycles. The Morgan fingerprint density at radius 1 is 0.939 bits per heavy atom. The van der Waals surface area contributed by atoms with Gasteiger partial charge < -0.3 is 16.0 Å². The van der Waals surface area contributed by atoms with Crippen LogP contribution in [0.25, 0.3) is 0 Å². The highest BCUT2D eigenvalue weighted by Gasteiger charge is 2.24. The lowest BCUT2D eigenvalue weighted by Gasteiger charge is -2.17. The number of sulfonamides is 1. The third kappa shape index (κ3) is 6.62. The lowest BCUT2D eigenvalue weighted by atomic mass is 10.1. The van der Waals surface area contributed by atoms with E-state index in [0.717, 1.165) is 25.7 Å². The minimum absolute atomic E-state index is 0.0485. The van der Waals surface area contributed by atoms with Crippen LogP contribution in [0.5, 0.6) is 0 Å². The lowest BCUT2D eigenvalue weighted by Crippen LogP contribution is -2.42. The van der Waals surface area contributed by atoms with Crippen molar-refractivity contribution in [2.45, 2.75) is 56.5 Å². The van der Waals surface area contributed by atoms with E-state index in [9.17, 15) is 22.8 Å². The van der Waals surface area contributed by atoms with Crippen LogP contribution in [0.3, 0.4) is 0 Å². The van der Waals surface area contributed by atoms with Gasteiger partial charge in [-0.1, -0.05) is 25.0 Å². The van der Waals surface area contributed by atoms with Crippen LogP contribution in [0.15, 0.2) is 53.4 Å². The Kier molecular flexibility index (Phi) is 7.83. The van der Waals surface area contributed by atoms with Crippen molar-refractivity contribution in [1.82, 2.24) is 10.0 Å². The number of nitrogens with one attached hydrogen (secondary N) is 4. The molecule has 2 aromatic rings. The number of anilines is 2. The quantitative estimate of drug-likeness (QED) is 0.469. The van der Waals surface area contributed by atoms with Gasteiger partial charge in [-0.25, -0.2) is 8.42 Å². The van der Waals surface area contributed by atoms with Crippen LogP contribution in [0, 0.1) is 0 Å². The molecule has 0 heterocycles. The topological polar surface area (TPSA) is 133 Å².